The van der Waals surface area contributed by atoms with Gasteiger partial charge in [-0.25, -0.2) is 4.98 Å². The molecule has 2 aromatic carbocycles. The lowest BCUT2D eigenvalue weighted by atomic mass is 10.0. The van der Waals surface area contributed by atoms with Gasteiger partial charge in [-0.1, -0.05) is 35.1 Å². The number of rotatable bonds is 5. The van der Waals surface area contributed by atoms with Crippen LogP contribution in [0.15, 0.2) is 36.4 Å². The van der Waals surface area contributed by atoms with E-state index < -0.39 is 0 Å². The van der Waals surface area contributed by atoms with Gasteiger partial charge >= 0.3 is 0 Å². The Morgan fingerprint density at radius 1 is 1.21 bits per heavy atom. The predicted molar refractivity (Wildman–Crippen MR) is 99.0 cm³/mol. The summed E-state index contributed by atoms with van der Waals surface area (Å²) in [5.74, 6) is 0.773. The third-order valence-corrected chi connectivity index (χ3v) is 4.71. The Kier molecular flexibility index (Phi) is 4.81. The lowest BCUT2D eigenvalue weighted by Crippen LogP contribution is -2.14. The molecule has 1 aromatic heterocycles. The zero-order valence-electron chi connectivity index (χ0n) is 14.1. The summed E-state index contributed by atoms with van der Waals surface area (Å²) in [5.41, 5.74) is 4.20. The van der Waals surface area contributed by atoms with Crippen molar-refractivity contribution < 1.29 is 9.53 Å². The number of aromatic nitrogens is 1. The predicted octanol–water partition coefficient (Wildman–Crippen LogP) is 4.49. The summed E-state index contributed by atoms with van der Waals surface area (Å²) in [5, 5.41) is 3.53. The van der Waals surface area contributed by atoms with Gasteiger partial charge in [0.25, 0.3) is 0 Å². The van der Waals surface area contributed by atoms with E-state index in [0.717, 1.165) is 32.7 Å². The van der Waals surface area contributed by atoms with Crippen LogP contribution in [0.3, 0.4) is 0 Å². The first-order valence-corrected chi connectivity index (χ1v) is 8.76. The number of thiazole rings is 1. The molecule has 0 fully saturated rings. The van der Waals surface area contributed by atoms with Crippen LogP contribution in [0.25, 0.3) is 10.2 Å². The number of aryl methyl sites for hydroxylation is 2. The third-order valence-electron chi connectivity index (χ3n) is 3.77. The Morgan fingerprint density at radius 3 is 2.83 bits per heavy atom. The number of carbonyl (C=O) groups excluding carboxylic acids is 1. The second-order valence-electron chi connectivity index (χ2n) is 5.74. The lowest BCUT2D eigenvalue weighted by Gasteiger charge is -2.06. The molecular formula is C19H20N2O2S. The van der Waals surface area contributed by atoms with Gasteiger partial charge in [-0.05, 0) is 50.1 Å². The minimum absolute atomic E-state index is 0.0483. The second kappa shape index (κ2) is 7.01. The number of nitrogens with zero attached hydrogens (tertiary/aromatic N) is 1. The van der Waals surface area contributed by atoms with Crippen molar-refractivity contribution >= 4 is 32.6 Å². The SMILES string of the molecule is CCOc1ccc2nc(NC(=O)Cc3cc(C)ccc3C)sc2c1. The number of hydrogen-bond acceptors (Lipinski definition) is 4. The number of ether oxygens (including phenoxy) is 1. The average Bonchev–Trinajstić information content (AvgIpc) is 2.92. The molecule has 0 saturated carbocycles. The third kappa shape index (κ3) is 3.74. The molecule has 0 aliphatic heterocycles. The number of anilines is 1. The number of benzene rings is 2. The molecule has 1 amide bonds. The van der Waals surface area contributed by atoms with E-state index >= 15 is 0 Å². The molecule has 0 aliphatic rings. The highest BCUT2D eigenvalue weighted by atomic mass is 32.1. The summed E-state index contributed by atoms with van der Waals surface area (Å²) in [6.07, 6.45) is 0.355. The number of hydrogen-bond donors (Lipinski definition) is 1. The van der Waals surface area contributed by atoms with Crippen LogP contribution in [0.2, 0.25) is 0 Å². The number of carbonyl (C=O) groups is 1. The van der Waals surface area contributed by atoms with Gasteiger partial charge in [0.15, 0.2) is 5.13 Å². The Balaban J connectivity index is 1.74. The Hall–Kier alpha value is -2.40. The largest absolute Gasteiger partial charge is 0.494 e. The quantitative estimate of drug-likeness (QED) is 0.744. The molecule has 124 valence electrons. The number of fused-ring (bicyclic) bond motifs is 1. The topological polar surface area (TPSA) is 51.2 Å². The Labute approximate surface area is 145 Å². The molecule has 0 spiro atoms. The van der Waals surface area contributed by atoms with E-state index in [1.165, 1.54) is 11.3 Å². The van der Waals surface area contributed by atoms with Gasteiger partial charge in [0, 0.05) is 0 Å². The van der Waals surface area contributed by atoms with Crippen molar-refractivity contribution in [3.63, 3.8) is 0 Å². The van der Waals surface area contributed by atoms with Crippen molar-refractivity contribution in [2.75, 3.05) is 11.9 Å². The van der Waals surface area contributed by atoms with Gasteiger partial charge in [-0.2, -0.15) is 0 Å². The molecule has 0 saturated heterocycles. The van der Waals surface area contributed by atoms with Crippen LogP contribution in [0.1, 0.15) is 23.6 Å². The van der Waals surface area contributed by atoms with E-state index in [9.17, 15) is 4.79 Å². The van der Waals surface area contributed by atoms with E-state index in [1.54, 1.807) is 0 Å². The molecule has 4 nitrogen and oxygen atoms in total. The van der Waals surface area contributed by atoms with E-state index in [0.29, 0.717) is 18.2 Å². The lowest BCUT2D eigenvalue weighted by molar-refractivity contribution is -0.115. The Bertz CT molecular complexity index is 886. The zero-order chi connectivity index (χ0) is 17.1. The monoisotopic (exact) mass is 340 g/mol. The fraction of sp³-hybridized carbons (Fsp3) is 0.263. The molecule has 3 rings (SSSR count). The van der Waals surface area contributed by atoms with Gasteiger partial charge in [0.2, 0.25) is 5.91 Å². The van der Waals surface area contributed by atoms with Crippen LogP contribution in [-0.4, -0.2) is 17.5 Å². The smallest absolute Gasteiger partial charge is 0.230 e. The average molecular weight is 340 g/mol. The van der Waals surface area contributed by atoms with Crippen molar-refractivity contribution in [1.29, 1.82) is 0 Å². The maximum atomic E-state index is 12.3. The molecular weight excluding hydrogens is 320 g/mol. The molecule has 1 heterocycles. The summed E-state index contributed by atoms with van der Waals surface area (Å²) in [6.45, 7) is 6.64. The molecule has 0 bridgehead atoms. The van der Waals surface area contributed by atoms with Crippen LogP contribution in [-0.2, 0) is 11.2 Å². The number of amides is 1. The van der Waals surface area contributed by atoms with Gasteiger partial charge in [0.05, 0.1) is 23.2 Å². The van der Waals surface area contributed by atoms with Gasteiger partial charge in [0.1, 0.15) is 5.75 Å². The van der Waals surface area contributed by atoms with E-state index in [1.807, 2.05) is 45.0 Å². The van der Waals surface area contributed by atoms with Crippen LogP contribution >= 0.6 is 11.3 Å². The summed E-state index contributed by atoms with van der Waals surface area (Å²) in [4.78, 5) is 16.8. The maximum absolute atomic E-state index is 12.3. The highest BCUT2D eigenvalue weighted by Gasteiger charge is 2.11. The van der Waals surface area contributed by atoms with Crippen LogP contribution in [0, 0.1) is 13.8 Å². The van der Waals surface area contributed by atoms with Crippen molar-refractivity contribution in [2.45, 2.75) is 27.2 Å². The minimum Gasteiger partial charge on any atom is -0.494 e. The highest BCUT2D eigenvalue weighted by molar-refractivity contribution is 7.22. The molecule has 24 heavy (non-hydrogen) atoms. The molecule has 0 atom stereocenters. The molecule has 0 radical (unpaired) electrons. The second-order valence-corrected chi connectivity index (χ2v) is 6.77. The van der Waals surface area contributed by atoms with Crippen LogP contribution in [0.4, 0.5) is 5.13 Å². The van der Waals surface area contributed by atoms with E-state index in [4.69, 9.17) is 4.74 Å². The maximum Gasteiger partial charge on any atom is 0.230 e. The summed E-state index contributed by atoms with van der Waals surface area (Å²) >= 11 is 1.46. The van der Waals surface area contributed by atoms with Gasteiger partial charge < -0.3 is 10.1 Å². The summed E-state index contributed by atoms with van der Waals surface area (Å²) in [6, 6.07) is 11.9. The van der Waals surface area contributed by atoms with Crippen molar-refractivity contribution in [3.8, 4) is 5.75 Å². The Morgan fingerprint density at radius 2 is 2.04 bits per heavy atom. The molecule has 5 heteroatoms. The first kappa shape index (κ1) is 16.5. The van der Waals surface area contributed by atoms with Crippen LogP contribution in [0.5, 0.6) is 5.75 Å². The molecule has 0 aliphatic carbocycles. The van der Waals surface area contributed by atoms with Crippen molar-refractivity contribution in [3.05, 3.63) is 53.1 Å². The van der Waals surface area contributed by atoms with E-state index in [-0.39, 0.29) is 5.91 Å². The van der Waals surface area contributed by atoms with Crippen LogP contribution < -0.4 is 10.1 Å². The van der Waals surface area contributed by atoms with Crippen molar-refractivity contribution in [2.24, 2.45) is 0 Å². The highest BCUT2D eigenvalue weighted by Crippen LogP contribution is 2.29. The fourth-order valence-electron chi connectivity index (χ4n) is 2.54. The first-order valence-electron chi connectivity index (χ1n) is 7.94. The summed E-state index contributed by atoms with van der Waals surface area (Å²) < 4.78 is 6.50. The van der Waals surface area contributed by atoms with Crippen molar-refractivity contribution in [1.82, 2.24) is 4.98 Å². The minimum atomic E-state index is -0.0483. The molecule has 3 aromatic rings. The zero-order valence-corrected chi connectivity index (χ0v) is 14.9. The first-order chi connectivity index (χ1) is 11.5. The summed E-state index contributed by atoms with van der Waals surface area (Å²) in [7, 11) is 0. The fourth-order valence-corrected chi connectivity index (χ4v) is 3.45. The van der Waals surface area contributed by atoms with Gasteiger partial charge in [-0.15, -0.1) is 0 Å². The standard InChI is InChI=1S/C19H20N2O2S/c1-4-23-15-7-8-16-17(11-15)24-19(20-16)21-18(22)10-14-9-12(2)5-6-13(14)3/h5-9,11H,4,10H2,1-3H3,(H,20,21,22). The molecule has 1 N–H and O–H groups in total. The number of nitrogens with one attached hydrogen (secondary N) is 1. The molecule has 0 unspecified atom stereocenters. The normalized spacial score (nSPS) is 10.8. The van der Waals surface area contributed by atoms with E-state index in [2.05, 4.69) is 22.4 Å². The van der Waals surface area contributed by atoms with Gasteiger partial charge in [-0.3, -0.25) is 4.79 Å².